The number of fused-ring (bicyclic) bond motifs is 4. The Morgan fingerprint density at radius 3 is 2.09 bits per heavy atom. The normalized spacial score (nSPS) is 37.8. The lowest BCUT2D eigenvalue weighted by Crippen LogP contribution is -2.65. The van der Waals surface area contributed by atoms with Gasteiger partial charge in [0, 0.05) is 49.4 Å². The Kier molecular flexibility index (Phi) is 7.90. The summed E-state index contributed by atoms with van der Waals surface area (Å²) in [5.74, 6) is -7.79. The first-order valence-electron chi connectivity index (χ1n) is 15.9. The van der Waals surface area contributed by atoms with Crippen molar-refractivity contribution in [2.24, 2.45) is 22.7 Å². The third-order valence-electron chi connectivity index (χ3n) is 11.9. The smallest absolute Gasteiger partial charge is 0.385 e. The van der Waals surface area contributed by atoms with Gasteiger partial charge in [0.2, 0.25) is 0 Å². The van der Waals surface area contributed by atoms with Crippen molar-refractivity contribution in [2.45, 2.75) is 113 Å². The number of alkyl halides is 5. The summed E-state index contributed by atoms with van der Waals surface area (Å²) in [5.41, 5.74) is -3.25. The van der Waals surface area contributed by atoms with E-state index in [4.69, 9.17) is 18.9 Å². The topological polar surface area (TPSA) is 77.4 Å². The molecule has 11 heteroatoms. The second-order valence-electron chi connectivity index (χ2n) is 15.2. The van der Waals surface area contributed by atoms with E-state index in [0.29, 0.717) is 44.5 Å². The van der Waals surface area contributed by atoms with E-state index < -0.39 is 59.0 Å². The number of methoxy groups -OCH3 is 2. The van der Waals surface area contributed by atoms with Crippen LogP contribution in [0.4, 0.5) is 22.0 Å². The summed E-state index contributed by atoms with van der Waals surface area (Å²) in [6.45, 7) is 6.50. The number of aliphatic hydroxyl groups is 2. The number of benzene rings is 1. The quantitative estimate of drug-likeness (QED) is 0.201. The molecular weight excluding hydrogens is 599 g/mol. The number of ether oxygens (including phenoxy) is 4. The maximum atomic E-state index is 15.3. The molecule has 3 saturated carbocycles. The zero-order valence-corrected chi connectivity index (χ0v) is 26.6. The summed E-state index contributed by atoms with van der Waals surface area (Å²) < 4.78 is 95.6. The molecule has 0 radical (unpaired) electrons. The molecule has 6 rings (SSSR count). The average Bonchev–Trinajstić information content (AvgIpc) is 3.26. The Bertz CT molecular complexity index is 1310. The van der Waals surface area contributed by atoms with E-state index in [1.807, 2.05) is 12.1 Å². The second-order valence-corrected chi connectivity index (χ2v) is 15.2. The minimum Gasteiger partial charge on any atom is -0.385 e. The Hall–Kier alpha value is -1.63. The molecule has 3 unspecified atom stereocenters. The molecule has 1 aliphatic heterocycles. The number of allylic oxidation sites excluding steroid dienone is 1. The molecule has 0 amide bonds. The van der Waals surface area contributed by atoms with E-state index >= 15 is 8.78 Å². The van der Waals surface area contributed by atoms with Crippen LogP contribution < -0.4 is 0 Å². The number of rotatable bonds is 5. The zero-order chi connectivity index (χ0) is 32.8. The van der Waals surface area contributed by atoms with E-state index in [9.17, 15) is 23.4 Å². The molecule has 1 spiro atoms. The highest BCUT2D eigenvalue weighted by molar-refractivity contribution is 5.45. The molecule has 0 aromatic heterocycles. The van der Waals surface area contributed by atoms with Gasteiger partial charge in [-0.05, 0) is 61.5 Å². The van der Waals surface area contributed by atoms with Crippen molar-refractivity contribution in [3.63, 3.8) is 0 Å². The third kappa shape index (κ3) is 4.93. The van der Waals surface area contributed by atoms with Crippen LogP contribution >= 0.6 is 0 Å². The first kappa shape index (κ1) is 33.3. The Labute approximate surface area is 261 Å². The van der Waals surface area contributed by atoms with E-state index in [1.165, 1.54) is 21.1 Å². The van der Waals surface area contributed by atoms with E-state index in [2.05, 4.69) is 13.8 Å². The van der Waals surface area contributed by atoms with Crippen molar-refractivity contribution in [3.8, 4) is 0 Å². The molecule has 4 aliphatic carbocycles. The number of hydrogen-bond acceptors (Lipinski definition) is 6. The fourth-order valence-electron chi connectivity index (χ4n) is 9.56. The van der Waals surface area contributed by atoms with E-state index in [0.717, 1.165) is 16.7 Å². The van der Waals surface area contributed by atoms with Gasteiger partial charge in [0.1, 0.15) is 5.60 Å². The monoisotopic (exact) mass is 644 g/mol. The van der Waals surface area contributed by atoms with Gasteiger partial charge in [-0.25, -0.2) is 0 Å². The van der Waals surface area contributed by atoms with Gasteiger partial charge in [-0.15, -0.1) is 0 Å². The predicted octanol–water partition coefficient (Wildman–Crippen LogP) is 7.20. The third-order valence-corrected chi connectivity index (χ3v) is 11.9. The van der Waals surface area contributed by atoms with Crippen molar-refractivity contribution in [1.29, 1.82) is 0 Å². The molecule has 252 valence electrons. The molecule has 6 nitrogen and oxygen atoms in total. The summed E-state index contributed by atoms with van der Waals surface area (Å²) in [5, 5.41) is 23.8. The summed E-state index contributed by atoms with van der Waals surface area (Å²) in [6.07, 6.45) is -5.36. The van der Waals surface area contributed by atoms with Crippen LogP contribution in [0.3, 0.4) is 0 Å². The SMILES string of the molecule is COC(OC)c1ccc([C@H]2CC3(C)C(CC[C@@]3(O)C(F)(F)C(F)(F)F)C3CC[C@@]4(O)CC5(CCC4=C32)OCC(C)(C)CO5)cc1. The fourth-order valence-corrected chi connectivity index (χ4v) is 9.56. The first-order chi connectivity index (χ1) is 20.9. The van der Waals surface area contributed by atoms with Gasteiger partial charge < -0.3 is 29.2 Å². The molecular formula is C34H45F5O6. The molecule has 0 bridgehead atoms. The highest BCUT2D eigenvalue weighted by Gasteiger charge is 2.79. The maximum Gasteiger partial charge on any atom is 0.456 e. The molecule has 1 aromatic carbocycles. The zero-order valence-electron chi connectivity index (χ0n) is 26.6. The van der Waals surface area contributed by atoms with E-state index in [1.54, 1.807) is 12.1 Å². The lowest BCUT2D eigenvalue weighted by Gasteiger charge is -2.59. The van der Waals surface area contributed by atoms with Crippen molar-refractivity contribution in [3.05, 3.63) is 46.5 Å². The molecule has 1 aromatic rings. The minimum atomic E-state index is -5.90. The van der Waals surface area contributed by atoms with Crippen molar-refractivity contribution in [2.75, 3.05) is 27.4 Å². The van der Waals surface area contributed by atoms with Crippen LogP contribution in [0.5, 0.6) is 0 Å². The van der Waals surface area contributed by atoms with Crippen LogP contribution in [0.2, 0.25) is 0 Å². The predicted molar refractivity (Wildman–Crippen MR) is 154 cm³/mol. The van der Waals surface area contributed by atoms with Gasteiger partial charge in [-0.3, -0.25) is 0 Å². The van der Waals surface area contributed by atoms with Crippen LogP contribution in [0, 0.1) is 22.7 Å². The summed E-state index contributed by atoms with van der Waals surface area (Å²) >= 11 is 0. The van der Waals surface area contributed by atoms with Crippen molar-refractivity contribution in [1.82, 2.24) is 0 Å². The Balaban J connectivity index is 1.45. The average molecular weight is 645 g/mol. The maximum absolute atomic E-state index is 15.3. The first-order valence-corrected chi connectivity index (χ1v) is 15.9. The van der Waals surface area contributed by atoms with Crippen molar-refractivity contribution >= 4 is 0 Å². The Morgan fingerprint density at radius 2 is 1.51 bits per heavy atom. The number of hydrogen-bond donors (Lipinski definition) is 2. The molecule has 1 saturated heterocycles. The lowest BCUT2D eigenvalue weighted by molar-refractivity contribution is -0.362. The minimum absolute atomic E-state index is 0.0405. The second kappa shape index (κ2) is 10.7. The number of halogens is 5. The van der Waals surface area contributed by atoms with E-state index in [-0.39, 0.29) is 30.6 Å². The fraction of sp³-hybridized carbons (Fsp3) is 0.765. The lowest BCUT2D eigenvalue weighted by atomic mass is 9.49. The molecule has 45 heavy (non-hydrogen) atoms. The summed E-state index contributed by atoms with van der Waals surface area (Å²) in [7, 11) is 3.00. The molecule has 6 atom stereocenters. The Morgan fingerprint density at radius 1 is 0.889 bits per heavy atom. The standard InChI is InChI=1S/C34H45F5O6/c1-28(2)18-44-31(45-19-28)14-11-25-26-22(10-13-30(25,40)17-31)24-12-15-32(41,33(35,36)34(37,38)39)29(24,3)16-23(26)20-6-8-21(9-7-20)27(42-4)43-5/h6-9,22-24,27,40-41H,10-19H2,1-5H3/t22?,23-,24?,29?,30-,32+/m1/s1. The van der Waals surface area contributed by atoms with Crippen LogP contribution in [0.15, 0.2) is 35.4 Å². The van der Waals surface area contributed by atoms with Crippen LogP contribution in [0.1, 0.15) is 95.5 Å². The van der Waals surface area contributed by atoms with Gasteiger partial charge in [-0.2, -0.15) is 22.0 Å². The summed E-state index contributed by atoms with van der Waals surface area (Å²) in [6, 6.07) is 7.23. The molecule has 2 N–H and O–H groups in total. The van der Waals surface area contributed by atoms with Crippen LogP contribution in [-0.2, 0) is 18.9 Å². The highest BCUT2D eigenvalue weighted by Crippen LogP contribution is 2.71. The van der Waals surface area contributed by atoms with Gasteiger partial charge in [-0.1, -0.05) is 50.6 Å². The molecule has 5 aliphatic rings. The molecule has 4 fully saturated rings. The van der Waals surface area contributed by atoms with Gasteiger partial charge in [0.05, 0.1) is 18.8 Å². The van der Waals surface area contributed by atoms with Gasteiger partial charge in [0.25, 0.3) is 0 Å². The van der Waals surface area contributed by atoms with Crippen LogP contribution in [-0.4, -0.2) is 66.7 Å². The summed E-state index contributed by atoms with van der Waals surface area (Å²) in [4.78, 5) is 0. The van der Waals surface area contributed by atoms with Crippen LogP contribution in [0.25, 0.3) is 0 Å². The van der Waals surface area contributed by atoms with Gasteiger partial charge in [0.15, 0.2) is 12.1 Å². The largest absolute Gasteiger partial charge is 0.456 e. The molecule has 1 heterocycles. The highest BCUT2D eigenvalue weighted by atomic mass is 19.4. The van der Waals surface area contributed by atoms with Gasteiger partial charge >= 0.3 is 12.1 Å². The van der Waals surface area contributed by atoms with Crippen molar-refractivity contribution < 1.29 is 51.1 Å².